The van der Waals surface area contributed by atoms with Gasteiger partial charge in [0.15, 0.2) is 0 Å². The number of benzene rings is 9. The van der Waals surface area contributed by atoms with Crippen molar-refractivity contribution in [3.05, 3.63) is 230 Å². The standard InChI is InChI=1S/C56H42N4/c1-39-19-23-41(24-20-39)57(45-31-35-47(36-32-45)59-53-15-7-3-11-49(53)50-12-4-8-16-54(50)59)43-27-29-44(30-28-43)58(42-25-21-40(2)22-26-42)46-33-37-48(38-34-46)60-55-17-9-5-13-51(55)52-14-6-10-18-56(52)60/h3-38H,1-2H3. The van der Waals surface area contributed by atoms with Gasteiger partial charge in [-0.3, -0.25) is 0 Å². The van der Waals surface area contributed by atoms with E-state index in [9.17, 15) is 0 Å². The van der Waals surface area contributed by atoms with Crippen molar-refractivity contribution in [3.8, 4) is 11.4 Å². The van der Waals surface area contributed by atoms with E-state index in [1.807, 2.05) is 0 Å². The molecule has 0 spiro atoms. The van der Waals surface area contributed by atoms with E-state index < -0.39 is 0 Å². The first-order chi connectivity index (χ1) is 29.6. The molecule has 0 atom stereocenters. The molecule has 286 valence electrons. The fourth-order valence-corrected chi connectivity index (χ4v) is 8.94. The Kier molecular flexibility index (Phi) is 8.56. The van der Waals surface area contributed by atoms with Crippen LogP contribution in [0.15, 0.2) is 218 Å². The zero-order valence-corrected chi connectivity index (χ0v) is 33.6. The van der Waals surface area contributed by atoms with E-state index in [1.54, 1.807) is 0 Å². The van der Waals surface area contributed by atoms with Gasteiger partial charge >= 0.3 is 0 Å². The molecule has 0 aliphatic carbocycles. The monoisotopic (exact) mass is 770 g/mol. The van der Waals surface area contributed by atoms with Crippen molar-refractivity contribution in [2.75, 3.05) is 9.80 Å². The van der Waals surface area contributed by atoms with Crippen molar-refractivity contribution in [3.63, 3.8) is 0 Å². The minimum Gasteiger partial charge on any atom is -0.311 e. The van der Waals surface area contributed by atoms with Crippen molar-refractivity contribution in [1.82, 2.24) is 9.13 Å². The highest BCUT2D eigenvalue weighted by Crippen LogP contribution is 2.41. The van der Waals surface area contributed by atoms with Crippen LogP contribution in [-0.2, 0) is 0 Å². The fourth-order valence-electron chi connectivity index (χ4n) is 8.94. The molecular weight excluding hydrogens is 729 g/mol. The normalized spacial score (nSPS) is 11.5. The van der Waals surface area contributed by atoms with E-state index in [-0.39, 0.29) is 0 Å². The van der Waals surface area contributed by atoms with Gasteiger partial charge in [0.2, 0.25) is 0 Å². The van der Waals surface area contributed by atoms with Gasteiger partial charge in [0, 0.05) is 67.0 Å². The number of nitrogens with zero attached hydrogens (tertiary/aromatic N) is 4. The summed E-state index contributed by atoms with van der Waals surface area (Å²) in [6.45, 7) is 4.27. The first kappa shape index (κ1) is 35.4. The molecule has 2 heterocycles. The number of hydrogen-bond donors (Lipinski definition) is 0. The Morgan fingerprint density at radius 1 is 0.250 bits per heavy atom. The van der Waals surface area contributed by atoms with E-state index in [0.29, 0.717) is 0 Å². The molecule has 0 aliphatic heterocycles. The Bertz CT molecular complexity index is 2970. The number of rotatable bonds is 8. The van der Waals surface area contributed by atoms with E-state index >= 15 is 0 Å². The van der Waals surface area contributed by atoms with Crippen molar-refractivity contribution < 1.29 is 0 Å². The summed E-state index contributed by atoms with van der Waals surface area (Å²) in [6.07, 6.45) is 0. The first-order valence-electron chi connectivity index (χ1n) is 20.6. The topological polar surface area (TPSA) is 16.3 Å². The molecule has 0 amide bonds. The third kappa shape index (κ3) is 6.00. The molecule has 0 radical (unpaired) electrons. The zero-order chi connectivity index (χ0) is 40.2. The second kappa shape index (κ2) is 14.5. The Labute approximate surface area is 350 Å². The lowest BCUT2D eigenvalue weighted by atomic mass is 10.1. The molecule has 9 aromatic carbocycles. The van der Waals surface area contributed by atoms with Gasteiger partial charge in [0.25, 0.3) is 0 Å². The molecule has 0 saturated heterocycles. The quantitative estimate of drug-likeness (QED) is 0.153. The lowest BCUT2D eigenvalue weighted by molar-refractivity contribution is 1.17. The van der Waals surface area contributed by atoms with Gasteiger partial charge in [0.05, 0.1) is 22.1 Å². The number of para-hydroxylation sites is 4. The highest BCUT2D eigenvalue weighted by Gasteiger charge is 2.19. The maximum Gasteiger partial charge on any atom is 0.0541 e. The van der Waals surface area contributed by atoms with Crippen molar-refractivity contribution in [1.29, 1.82) is 0 Å². The SMILES string of the molecule is Cc1ccc(N(c2ccc(N(c3ccc(C)cc3)c3ccc(-n4c5ccccc5c5ccccc54)cc3)cc2)c2ccc(-n3c4ccccc4c4ccccc43)cc2)cc1. The molecular formula is C56H42N4. The molecule has 0 unspecified atom stereocenters. The van der Waals surface area contributed by atoms with Gasteiger partial charge in [-0.1, -0.05) is 108 Å². The van der Waals surface area contributed by atoms with Gasteiger partial charge in [-0.05, 0) is 135 Å². The molecule has 0 bridgehead atoms. The molecule has 4 nitrogen and oxygen atoms in total. The van der Waals surface area contributed by atoms with Crippen LogP contribution >= 0.6 is 0 Å². The average Bonchev–Trinajstić information content (AvgIpc) is 3.82. The van der Waals surface area contributed by atoms with Gasteiger partial charge in [-0.25, -0.2) is 0 Å². The number of aryl methyl sites for hydroxylation is 2. The van der Waals surface area contributed by atoms with Crippen LogP contribution < -0.4 is 9.80 Å². The number of hydrogen-bond acceptors (Lipinski definition) is 2. The van der Waals surface area contributed by atoms with E-state index in [4.69, 9.17) is 0 Å². The van der Waals surface area contributed by atoms with Gasteiger partial charge in [-0.15, -0.1) is 0 Å². The Morgan fingerprint density at radius 3 is 0.733 bits per heavy atom. The fraction of sp³-hybridized carbons (Fsp3) is 0.0357. The minimum absolute atomic E-state index is 1.08. The van der Waals surface area contributed by atoms with Gasteiger partial charge in [0.1, 0.15) is 0 Å². The molecule has 0 N–H and O–H groups in total. The minimum atomic E-state index is 1.08. The summed E-state index contributed by atoms with van der Waals surface area (Å²) < 4.78 is 4.74. The molecule has 0 aliphatic rings. The second-order valence-electron chi connectivity index (χ2n) is 15.6. The van der Waals surface area contributed by atoms with Crippen LogP contribution in [0.1, 0.15) is 11.1 Å². The van der Waals surface area contributed by atoms with E-state index in [1.165, 1.54) is 54.7 Å². The molecule has 60 heavy (non-hydrogen) atoms. The van der Waals surface area contributed by atoms with Crippen molar-refractivity contribution in [2.45, 2.75) is 13.8 Å². The van der Waals surface area contributed by atoms with Crippen LogP contribution in [0.2, 0.25) is 0 Å². The van der Waals surface area contributed by atoms with Crippen molar-refractivity contribution >= 4 is 77.7 Å². The predicted molar refractivity (Wildman–Crippen MR) is 254 cm³/mol. The average molecular weight is 771 g/mol. The molecule has 4 heteroatoms. The third-order valence-electron chi connectivity index (χ3n) is 11.8. The van der Waals surface area contributed by atoms with Crippen LogP contribution in [0.3, 0.4) is 0 Å². The first-order valence-corrected chi connectivity index (χ1v) is 20.6. The molecule has 0 fully saturated rings. The van der Waals surface area contributed by atoms with Crippen LogP contribution in [0.4, 0.5) is 34.1 Å². The number of aromatic nitrogens is 2. The van der Waals surface area contributed by atoms with Crippen molar-refractivity contribution in [2.24, 2.45) is 0 Å². The third-order valence-corrected chi connectivity index (χ3v) is 11.8. The van der Waals surface area contributed by atoms with Gasteiger partial charge in [-0.2, -0.15) is 0 Å². The number of fused-ring (bicyclic) bond motifs is 6. The van der Waals surface area contributed by atoms with Crippen LogP contribution in [0.5, 0.6) is 0 Å². The predicted octanol–water partition coefficient (Wildman–Crippen LogP) is 15.4. The second-order valence-corrected chi connectivity index (χ2v) is 15.6. The summed E-state index contributed by atoms with van der Waals surface area (Å²) in [4.78, 5) is 4.69. The summed E-state index contributed by atoms with van der Waals surface area (Å²) in [5.74, 6) is 0. The largest absolute Gasteiger partial charge is 0.311 e. The maximum atomic E-state index is 2.37. The maximum absolute atomic E-state index is 2.37. The zero-order valence-electron chi connectivity index (χ0n) is 33.6. The highest BCUT2D eigenvalue weighted by molar-refractivity contribution is 6.10. The smallest absolute Gasteiger partial charge is 0.0541 e. The lowest BCUT2D eigenvalue weighted by Gasteiger charge is -2.28. The van der Waals surface area contributed by atoms with E-state index in [0.717, 1.165) is 45.5 Å². The number of anilines is 6. The Balaban J connectivity index is 0.977. The molecule has 2 aromatic heterocycles. The summed E-state index contributed by atoms with van der Waals surface area (Å²) in [7, 11) is 0. The Morgan fingerprint density at radius 2 is 0.467 bits per heavy atom. The van der Waals surface area contributed by atoms with Crippen LogP contribution in [0, 0.1) is 13.8 Å². The lowest BCUT2D eigenvalue weighted by Crippen LogP contribution is -2.12. The Hall–Kier alpha value is -7.82. The van der Waals surface area contributed by atoms with Crippen LogP contribution in [0.25, 0.3) is 55.0 Å². The summed E-state index contributed by atoms with van der Waals surface area (Å²) >= 11 is 0. The van der Waals surface area contributed by atoms with Crippen LogP contribution in [-0.4, -0.2) is 9.13 Å². The summed E-state index contributed by atoms with van der Waals surface area (Å²) in [5.41, 5.74) is 16.1. The summed E-state index contributed by atoms with van der Waals surface area (Å²) in [6, 6.07) is 79.2. The highest BCUT2D eigenvalue weighted by atomic mass is 15.2. The van der Waals surface area contributed by atoms with Gasteiger partial charge < -0.3 is 18.9 Å². The summed E-state index contributed by atoms with van der Waals surface area (Å²) in [5, 5.41) is 5.05. The molecule has 0 saturated carbocycles. The molecule has 11 aromatic rings. The molecule has 11 rings (SSSR count). The van der Waals surface area contributed by atoms with E-state index in [2.05, 4.69) is 251 Å².